The molecule has 1 aliphatic carbocycles. The first kappa shape index (κ1) is 14.4. The lowest BCUT2D eigenvalue weighted by Gasteiger charge is -2.27. The number of nitrogens with one attached hydrogen (secondary N) is 1. The SMILES string of the molecule is CC(C)NC(=O)C1CC(=O)N(C2CCCCCC2)C1. The molecule has 4 nitrogen and oxygen atoms in total. The summed E-state index contributed by atoms with van der Waals surface area (Å²) in [5, 5.41) is 2.92. The lowest BCUT2D eigenvalue weighted by atomic mass is 10.1. The van der Waals surface area contributed by atoms with Crippen molar-refractivity contribution in [3.63, 3.8) is 0 Å². The third-order valence-corrected chi connectivity index (χ3v) is 4.23. The van der Waals surface area contributed by atoms with Crippen LogP contribution in [0, 0.1) is 5.92 Å². The van der Waals surface area contributed by atoms with Gasteiger partial charge < -0.3 is 10.2 Å². The molecule has 1 saturated carbocycles. The summed E-state index contributed by atoms with van der Waals surface area (Å²) in [5.41, 5.74) is 0. The van der Waals surface area contributed by atoms with E-state index in [0.717, 1.165) is 12.8 Å². The van der Waals surface area contributed by atoms with Crippen LogP contribution >= 0.6 is 0 Å². The van der Waals surface area contributed by atoms with Crippen molar-refractivity contribution < 1.29 is 9.59 Å². The predicted octanol–water partition coefficient (Wildman–Crippen LogP) is 2.08. The minimum absolute atomic E-state index is 0.0412. The highest BCUT2D eigenvalue weighted by Crippen LogP contribution is 2.28. The van der Waals surface area contributed by atoms with Gasteiger partial charge in [0, 0.05) is 25.0 Å². The molecular formula is C15H26N2O2. The Morgan fingerprint density at radius 3 is 2.42 bits per heavy atom. The molecule has 0 aromatic rings. The number of carbonyl (C=O) groups excluding carboxylic acids is 2. The summed E-state index contributed by atoms with van der Waals surface area (Å²) >= 11 is 0. The van der Waals surface area contributed by atoms with E-state index in [2.05, 4.69) is 5.32 Å². The van der Waals surface area contributed by atoms with Crippen LogP contribution in [0.5, 0.6) is 0 Å². The van der Waals surface area contributed by atoms with Crippen molar-refractivity contribution in [1.82, 2.24) is 10.2 Å². The zero-order chi connectivity index (χ0) is 13.8. The van der Waals surface area contributed by atoms with E-state index in [1.54, 1.807) is 0 Å². The third kappa shape index (κ3) is 3.71. The second-order valence-electron chi connectivity index (χ2n) is 6.26. The highest BCUT2D eigenvalue weighted by atomic mass is 16.2. The van der Waals surface area contributed by atoms with Gasteiger partial charge in [-0.3, -0.25) is 9.59 Å². The van der Waals surface area contributed by atoms with E-state index in [4.69, 9.17) is 0 Å². The summed E-state index contributed by atoms with van der Waals surface area (Å²) < 4.78 is 0. The topological polar surface area (TPSA) is 49.4 Å². The van der Waals surface area contributed by atoms with Crippen LogP contribution in [-0.2, 0) is 9.59 Å². The van der Waals surface area contributed by atoms with Crippen molar-refractivity contribution in [2.75, 3.05) is 6.54 Å². The summed E-state index contributed by atoms with van der Waals surface area (Å²) in [4.78, 5) is 26.1. The molecule has 108 valence electrons. The Hall–Kier alpha value is -1.06. The normalized spacial score (nSPS) is 25.7. The first-order valence-corrected chi connectivity index (χ1v) is 7.67. The number of rotatable bonds is 3. The lowest BCUT2D eigenvalue weighted by molar-refractivity contribution is -0.130. The monoisotopic (exact) mass is 266 g/mol. The van der Waals surface area contributed by atoms with Crippen LogP contribution in [-0.4, -0.2) is 35.3 Å². The zero-order valence-electron chi connectivity index (χ0n) is 12.2. The number of likely N-dealkylation sites (tertiary alicyclic amines) is 1. The van der Waals surface area contributed by atoms with Crippen molar-refractivity contribution in [2.24, 2.45) is 5.92 Å². The van der Waals surface area contributed by atoms with E-state index in [9.17, 15) is 9.59 Å². The van der Waals surface area contributed by atoms with Crippen LogP contribution in [0.15, 0.2) is 0 Å². The Balaban J connectivity index is 1.93. The standard InChI is InChI=1S/C15H26N2O2/c1-11(2)16-15(19)12-9-14(18)17(10-12)13-7-5-3-4-6-8-13/h11-13H,3-10H2,1-2H3,(H,16,19). The number of amides is 2. The van der Waals surface area contributed by atoms with Gasteiger partial charge in [0.05, 0.1) is 5.92 Å². The molecule has 1 N–H and O–H groups in total. The number of hydrogen-bond acceptors (Lipinski definition) is 2. The van der Waals surface area contributed by atoms with E-state index in [0.29, 0.717) is 19.0 Å². The summed E-state index contributed by atoms with van der Waals surface area (Å²) in [5.74, 6) is 0.0773. The maximum absolute atomic E-state index is 12.1. The minimum atomic E-state index is -0.141. The van der Waals surface area contributed by atoms with Gasteiger partial charge in [-0.15, -0.1) is 0 Å². The predicted molar refractivity (Wildman–Crippen MR) is 74.6 cm³/mol. The molecule has 0 radical (unpaired) electrons. The molecule has 1 saturated heterocycles. The van der Waals surface area contributed by atoms with Crippen LogP contribution in [0.2, 0.25) is 0 Å². The average molecular weight is 266 g/mol. The van der Waals surface area contributed by atoms with Crippen molar-refractivity contribution >= 4 is 11.8 Å². The molecule has 2 amide bonds. The fraction of sp³-hybridized carbons (Fsp3) is 0.867. The van der Waals surface area contributed by atoms with Gasteiger partial charge in [-0.2, -0.15) is 0 Å². The summed E-state index contributed by atoms with van der Waals surface area (Å²) in [7, 11) is 0. The largest absolute Gasteiger partial charge is 0.354 e. The second-order valence-corrected chi connectivity index (χ2v) is 6.26. The Morgan fingerprint density at radius 1 is 1.21 bits per heavy atom. The molecule has 0 aromatic heterocycles. The van der Waals surface area contributed by atoms with E-state index >= 15 is 0 Å². The van der Waals surface area contributed by atoms with Crippen LogP contribution in [0.1, 0.15) is 58.8 Å². The Labute approximate surface area is 115 Å². The molecule has 0 bridgehead atoms. The summed E-state index contributed by atoms with van der Waals surface area (Å²) in [6.07, 6.45) is 7.64. The van der Waals surface area contributed by atoms with E-state index in [1.165, 1.54) is 25.7 Å². The fourth-order valence-corrected chi connectivity index (χ4v) is 3.23. The van der Waals surface area contributed by atoms with Gasteiger partial charge in [-0.05, 0) is 26.7 Å². The molecule has 1 aliphatic heterocycles. The average Bonchev–Trinajstić information content (AvgIpc) is 2.58. The van der Waals surface area contributed by atoms with Crippen molar-refractivity contribution in [3.05, 3.63) is 0 Å². The van der Waals surface area contributed by atoms with Crippen molar-refractivity contribution in [2.45, 2.75) is 70.9 Å². The summed E-state index contributed by atoms with van der Waals surface area (Å²) in [6.45, 7) is 4.54. The van der Waals surface area contributed by atoms with Gasteiger partial charge in [0.25, 0.3) is 0 Å². The van der Waals surface area contributed by atoms with E-state index in [1.807, 2.05) is 18.7 Å². The Morgan fingerprint density at radius 2 is 1.84 bits per heavy atom. The van der Waals surface area contributed by atoms with Crippen LogP contribution in [0.4, 0.5) is 0 Å². The first-order valence-electron chi connectivity index (χ1n) is 7.67. The highest BCUT2D eigenvalue weighted by Gasteiger charge is 2.37. The number of hydrogen-bond donors (Lipinski definition) is 1. The van der Waals surface area contributed by atoms with Crippen LogP contribution < -0.4 is 5.32 Å². The zero-order valence-corrected chi connectivity index (χ0v) is 12.2. The van der Waals surface area contributed by atoms with Crippen molar-refractivity contribution in [3.8, 4) is 0 Å². The molecule has 0 aromatic carbocycles. The molecule has 19 heavy (non-hydrogen) atoms. The molecule has 1 unspecified atom stereocenters. The van der Waals surface area contributed by atoms with Crippen LogP contribution in [0.3, 0.4) is 0 Å². The van der Waals surface area contributed by atoms with Gasteiger partial charge in [0.2, 0.25) is 11.8 Å². The Kier molecular flexibility index (Phi) is 4.83. The molecule has 1 atom stereocenters. The first-order chi connectivity index (χ1) is 9.08. The van der Waals surface area contributed by atoms with Gasteiger partial charge in [0.15, 0.2) is 0 Å². The quantitative estimate of drug-likeness (QED) is 0.795. The molecule has 2 rings (SSSR count). The summed E-state index contributed by atoms with van der Waals surface area (Å²) in [6, 6.07) is 0.529. The minimum Gasteiger partial charge on any atom is -0.354 e. The third-order valence-electron chi connectivity index (χ3n) is 4.23. The van der Waals surface area contributed by atoms with Crippen LogP contribution in [0.25, 0.3) is 0 Å². The van der Waals surface area contributed by atoms with Crippen molar-refractivity contribution in [1.29, 1.82) is 0 Å². The maximum atomic E-state index is 12.1. The molecule has 1 heterocycles. The lowest BCUT2D eigenvalue weighted by Crippen LogP contribution is -2.39. The highest BCUT2D eigenvalue weighted by molar-refractivity contribution is 5.89. The Bertz CT molecular complexity index is 333. The van der Waals surface area contributed by atoms with Gasteiger partial charge >= 0.3 is 0 Å². The number of nitrogens with zero attached hydrogens (tertiary/aromatic N) is 1. The second kappa shape index (κ2) is 6.40. The van der Waals surface area contributed by atoms with E-state index < -0.39 is 0 Å². The maximum Gasteiger partial charge on any atom is 0.225 e. The van der Waals surface area contributed by atoms with E-state index in [-0.39, 0.29) is 23.8 Å². The molecule has 2 fully saturated rings. The smallest absolute Gasteiger partial charge is 0.225 e. The van der Waals surface area contributed by atoms with Gasteiger partial charge in [0.1, 0.15) is 0 Å². The molecule has 2 aliphatic rings. The molecular weight excluding hydrogens is 240 g/mol. The van der Waals surface area contributed by atoms with Gasteiger partial charge in [-0.1, -0.05) is 25.7 Å². The van der Waals surface area contributed by atoms with Gasteiger partial charge in [-0.25, -0.2) is 0 Å². The molecule has 0 spiro atoms. The number of carbonyl (C=O) groups is 2. The molecule has 4 heteroatoms. The fourth-order valence-electron chi connectivity index (χ4n) is 3.23.